The fraction of sp³-hybridized carbons (Fsp3) is 0.231. The van der Waals surface area contributed by atoms with Gasteiger partial charge < -0.3 is 5.32 Å². The average molecular weight is 270 g/mol. The molecule has 0 aliphatic rings. The first-order valence-electron chi connectivity index (χ1n) is 5.34. The van der Waals surface area contributed by atoms with Crippen LogP contribution in [0.2, 0.25) is 5.02 Å². The maximum atomic E-state index is 13.9. The number of rotatable bonds is 4. The van der Waals surface area contributed by atoms with Gasteiger partial charge in [-0.1, -0.05) is 23.7 Å². The van der Waals surface area contributed by atoms with E-state index in [0.717, 1.165) is 6.42 Å². The molecule has 1 nitrogen and oxygen atoms in total. The highest BCUT2D eigenvalue weighted by Gasteiger charge is 2.16. The molecule has 1 aromatic heterocycles. The number of thiophene rings is 1. The summed E-state index contributed by atoms with van der Waals surface area (Å²) in [5.41, 5.74) is 1.82. The molecule has 1 unspecified atom stereocenters. The summed E-state index contributed by atoms with van der Waals surface area (Å²) in [6.45, 7) is 0. The Bertz CT molecular complexity index is 484. The predicted octanol–water partition coefficient (Wildman–Crippen LogP) is 4.04. The highest BCUT2D eigenvalue weighted by Crippen LogP contribution is 2.26. The molecule has 1 atom stereocenters. The molecular formula is C13H13ClFNS. The van der Waals surface area contributed by atoms with E-state index in [4.69, 9.17) is 11.6 Å². The van der Waals surface area contributed by atoms with E-state index in [1.165, 1.54) is 5.56 Å². The summed E-state index contributed by atoms with van der Waals surface area (Å²) in [6, 6.07) is 7.12. The molecule has 0 aliphatic carbocycles. The molecule has 0 bridgehead atoms. The van der Waals surface area contributed by atoms with Gasteiger partial charge in [0.05, 0.1) is 5.02 Å². The van der Waals surface area contributed by atoms with Gasteiger partial charge in [0.2, 0.25) is 0 Å². The van der Waals surface area contributed by atoms with Crippen molar-refractivity contribution < 1.29 is 4.39 Å². The molecule has 0 fully saturated rings. The van der Waals surface area contributed by atoms with Crippen LogP contribution in [0.25, 0.3) is 0 Å². The van der Waals surface area contributed by atoms with E-state index in [-0.39, 0.29) is 16.9 Å². The van der Waals surface area contributed by atoms with Crippen LogP contribution in [0, 0.1) is 5.82 Å². The van der Waals surface area contributed by atoms with Crippen LogP contribution in [0.4, 0.5) is 4.39 Å². The lowest BCUT2D eigenvalue weighted by atomic mass is 10.0. The summed E-state index contributed by atoms with van der Waals surface area (Å²) in [7, 11) is 1.83. The number of halogens is 2. The van der Waals surface area contributed by atoms with Crippen molar-refractivity contribution in [3.8, 4) is 0 Å². The number of nitrogens with one attached hydrogen (secondary N) is 1. The normalized spacial score (nSPS) is 12.6. The Morgan fingerprint density at radius 1 is 1.41 bits per heavy atom. The van der Waals surface area contributed by atoms with Crippen LogP contribution in [-0.4, -0.2) is 7.05 Å². The molecule has 1 heterocycles. The monoisotopic (exact) mass is 269 g/mol. The van der Waals surface area contributed by atoms with Gasteiger partial charge in [0, 0.05) is 11.6 Å². The topological polar surface area (TPSA) is 12.0 Å². The molecule has 0 spiro atoms. The van der Waals surface area contributed by atoms with E-state index in [1.54, 1.807) is 29.5 Å². The molecule has 0 radical (unpaired) electrons. The van der Waals surface area contributed by atoms with E-state index in [1.807, 2.05) is 12.4 Å². The van der Waals surface area contributed by atoms with Crippen molar-refractivity contribution in [2.75, 3.05) is 7.05 Å². The van der Waals surface area contributed by atoms with Gasteiger partial charge in [-0.05, 0) is 41.9 Å². The Balaban J connectivity index is 2.26. The molecule has 1 aromatic carbocycles. The lowest BCUT2D eigenvalue weighted by molar-refractivity contribution is 0.534. The standard InChI is InChI=1S/C13H13ClFNS/c1-16-12(7-9-5-6-17-8-9)10-3-2-4-11(14)13(10)15/h2-6,8,12,16H,7H2,1H3. The first-order valence-corrected chi connectivity index (χ1v) is 6.66. The third-order valence-corrected chi connectivity index (χ3v) is 3.75. The summed E-state index contributed by atoms with van der Waals surface area (Å²) in [6.07, 6.45) is 0.761. The zero-order valence-corrected chi connectivity index (χ0v) is 11.0. The molecule has 0 aliphatic heterocycles. The van der Waals surface area contributed by atoms with Crippen LogP contribution in [0.15, 0.2) is 35.0 Å². The third kappa shape index (κ3) is 2.86. The van der Waals surface area contributed by atoms with Crippen molar-refractivity contribution in [1.29, 1.82) is 0 Å². The van der Waals surface area contributed by atoms with Crippen molar-refractivity contribution in [1.82, 2.24) is 5.32 Å². The van der Waals surface area contributed by atoms with Crippen LogP contribution >= 0.6 is 22.9 Å². The first-order chi connectivity index (χ1) is 8.22. The van der Waals surface area contributed by atoms with Gasteiger partial charge >= 0.3 is 0 Å². The minimum atomic E-state index is -0.330. The van der Waals surface area contributed by atoms with Crippen LogP contribution < -0.4 is 5.32 Å². The van der Waals surface area contributed by atoms with Gasteiger partial charge in [-0.25, -0.2) is 4.39 Å². The smallest absolute Gasteiger partial charge is 0.146 e. The molecule has 17 heavy (non-hydrogen) atoms. The van der Waals surface area contributed by atoms with Crippen molar-refractivity contribution >= 4 is 22.9 Å². The van der Waals surface area contributed by atoms with Crippen LogP contribution in [-0.2, 0) is 6.42 Å². The Morgan fingerprint density at radius 3 is 2.88 bits per heavy atom. The van der Waals surface area contributed by atoms with Crippen LogP contribution in [0.1, 0.15) is 17.2 Å². The summed E-state index contributed by atoms with van der Waals surface area (Å²) in [5, 5.41) is 7.41. The van der Waals surface area contributed by atoms with E-state index in [2.05, 4.69) is 16.8 Å². The minimum Gasteiger partial charge on any atom is -0.313 e. The van der Waals surface area contributed by atoms with Crippen LogP contribution in [0.5, 0.6) is 0 Å². The second kappa shape index (κ2) is 5.63. The van der Waals surface area contributed by atoms with Crippen molar-refractivity contribution in [3.63, 3.8) is 0 Å². The second-order valence-corrected chi connectivity index (χ2v) is 5.01. The lowest BCUT2D eigenvalue weighted by Gasteiger charge is -2.17. The predicted molar refractivity (Wildman–Crippen MR) is 71.2 cm³/mol. The summed E-state index contributed by atoms with van der Waals surface area (Å²) >= 11 is 7.44. The molecule has 0 saturated heterocycles. The molecule has 1 N–H and O–H groups in total. The fourth-order valence-corrected chi connectivity index (χ4v) is 2.66. The average Bonchev–Trinajstić information content (AvgIpc) is 2.83. The van der Waals surface area contributed by atoms with Crippen LogP contribution in [0.3, 0.4) is 0 Å². The molecule has 0 saturated carbocycles. The number of hydrogen-bond donors (Lipinski definition) is 1. The minimum absolute atomic E-state index is 0.0525. The van der Waals surface area contributed by atoms with E-state index >= 15 is 0 Å². The van der Waals surface area contributed by atoms with Crippen molar-refractivity contribution in [2.24, 2.45) is 0 Å². The molecule has 90 valence electrons. The van der Waals surface area contributed by atoms with Gasteiger partial charge in [-0.15, -0.1) is 0 Å². The largest absolute Gasteiger partial charge is 0.313 e. The fourth-order valence-electron chi connectivity index (χ4n) is 1.80. The molecule has 2 aromatic rings. The van der Waals surface area contributed by atoms with Gasteiger partial charge in [0.25, 0.3) is 0 Å². The Labute approximate surface area is 109 Å². The lowest BCUT2D eigenvalue weighted by Crippen LogP contribution is -2.20. The van der Waals surface area contributed by atoms with Gasteiger partial charge in [-0.3, -0.25) is 0 Å². The van der Waals surface area contributed by atoms with Gasteiger partial charge in [-0.2, -0.15) is 11.3 Å². The molecule has 2 rings (SSSR count). The Morgan fingerprint density at radius 2 is 2.24 bits per heavy atom. The van der Waals surface area contributed by atoms with E-state index in [9.17, 15) is 4.39 Å². The molecule has 4 heteroatoms. The third-order valence-electron chi connectivity index (χ3n) is 2.73. The first kappa shape index (κ1) is 12.6. The van der Waals surface area contributed by atoms with Gasteiger partial charge in [0.15, 0.2) is 0 Å². The Kier molecular flexibility index (Phi) is 4.15. The summed E-state index contributed by atoms with van der Waals surface area (Å²) in [4.78, 5) is 0. The van der Waals surface area contributed by atoms with Gasteiger partial charge in [0.1, 0.15) is 5.82 Å². The zero-order valence-electron chi connectivity index (χ0n) is 9.41. The zero-order chi connectivity index (χ0) is 12.3. The van der Waals surface area contributed by atoms with E-state index < -0.39 is 0 Å². The second-order valence-electron chi connectivity index (χ2n) is 3.82. The quantitative estimate of drug-likeness (QED) is 0.883. The maximum Gasteiger partial charge on any atom is 0.146 e. The highest BCUT2D eigenvalue weighted by molar-refractivity contribution is 7.07. The molecular weight excluding hydrogens is 257 g/mol. The SMILES string of the molecule is CNC(Cc1ccsc1)c1cccc(Cl)c1F. The summed E-state index contributed by atoms with van der Waals surface area (Å²) < 4.78 is 13.9. The van der Waals surface area contributed by atoms with E-state index in [0.29, 0.717) is 5.56 Å². The maximum absolute atomic E-state index is 13.9. The van der Waals surface area contributed by atoms with Crippen molar-refractivity contribution in [3.05, 3.63) is 57.0 Å². The highest BCUT2D eigenvalue weighted by atomic mass is 35.5. The number of benzene rings is 1. The number of hydrogen-bond acceptors (Lipinski definition) is 2. The summed E-state index contributed by atoms with van der Waals surface area (Å²) in [5.74, 6) is -0.330. The van der Waals surface area contributed by atoms with Crippen molar-refractivity contribution in [2.45, 2.75) is 12.5 Å². The number of likely N-dealkylation sites (N-methyl/N-ethyl adjacent to an activating group) is 1. The Hall–Kier alpha value is -0.900. The molecule has 0 amide bonds.